The molecule has 0 aromatic heterocycles. The van der Waals surface area contributed by atoms with Crippen molar-refractivity contribution < 1.29 is 4.92 Å². The minimum atomic E-state index is -0.330. The topological polar surface area (TPSA) is 49.6 Å². The van der Waals surface area contributed by atoms with Crippen LogP contribution in [0.2, 0.25) is 0 Å². The van der Waals surface area contributed by atoms with Gasteiger partial charge >= 0.3 is 0 Å². The van der Waals surface area contributed by atoms with Gasteiger partial charge in [-0.05, 0) is 32.1 Å². The number of alkyl halides is 1. The molecule has 20 heavy (non-hydrogen) atoms. The fourth-order valence-corrected chi connectivity index (χ4v) is 2.18. The Bertz CT molecular complexity index is 452. The normalized spacial score (nSPS) is 10.8. The Balaban J connectivity index is 3.07. The summed E-state index contributed by atoms with van der Waals surface area (Å²) in [5.41, 5.74) is 1.58. The molecular weight excluding hydrogens is 278 g/mol. The van der Waals surface area contributed by atoms with Gasteiger partial charge in [-0.3, -0.25) is 10.1 Å². The summed E-state index contributed by atoms with van der Waals surface area (Å²) in [6.45, 7) is 4.49. The Morgan fingerprint density at radius 3 is 2.45 bits per heavy atom. The lowest BCUT2D eigenvalue weighted by atomic mass is 10.1. The van der Waals surface area contributed by atoms with Gasteiger partial charge in [0.25, 0.3) is 5.69 Å². The van der Waals surface area contributed by atoms with Crippen LogP contribution in [-0.2, 0) is 5.88 Å². The van der Waals surface area contributed by atoms with Crippen LogP contribution < -0.4 is 4.90 Å². The minimum Gasteiger partial charge on any atom is -0.365 e. The van der Waals surface area contributed by atoms with Gasteiger partial charge in [-0.1, -0.05) is 13.0 Å². The average Bonchev–Trinajstić information content (AvgIpc) is 2.42. The molecule has 5 nitrogen and oxygen atoms in total. The molecule has 0 radical (unpaired) electrons. The average molecular weight is 300 g/mol. The van der Waals surface area contributed by atoms with Gasteiger partial charge in [-0.25, -0.2) is 0 Å². The zero-order valence-corrected chi connectivity index (χ0v) is 13.1. The van der Waals surface area contributed by atoms with Crippen molar-refractivity contribution in [1.29, 1.82) is 0 Å². The van der Waals surface area contributed by atoms with Crippen molar-refractivity contribution in [2.75, 3.05) is 38.6 Å². The van der Waals surface area contributed by atoms with Gasteiger partial charge in [-0.15, -0.1) is 11.6 Å². The number of halogens is 1. The van der Waals surface area contributed by atoms with Gasteiger partial charge in [0.15, 0.2) is 0 Å². The van der Waals surface area contributed by atoms with E-state index in [0.717, 1.165) is 31.6 Å². The van der Waals surface area contributed by atoms with Crippen molar-refractivity contribution in [1.82, 2.24) is 4.90 Å². The predicted molar refractivity (Wildman–Crippen MR) is 83.7 cm³/mol. The summed E-state index contributed by atoms with van der Waals surface area (Å²) in [7, 11) is 3.99. The molecule has 0 aliphatic heterocycles. The van der Waals surface area contributed by atoms with Gasteiger partial charge < -0.3 is 9.80 Å². The second-order valence-electron chi connectivity index (χ2n) is 5.00. The van der Waals surface area contributed by atoms with Gasteiger partial charge in [-0.2, -0.15) is 0 Å². The molecule has 0 amide bonds. The molecule has 112 valence electrons. The molecule has 0 aliphatic carbocycles. The summed E-state index contributed by atoms with van der Waals surface area (Å²) in [5.74, 6) is 0.284. The van der Waals surface area contributed by atoms with Crippen molar-refractivity contribution >= 4 is 23.0 Å². The van der Waals surface area contributed by atoms with Crippen molar-refractivity contribution in [2.24, 2.45) is 0 Å². The first kappa shape index (κ1) is 16.7. The van der Waals surface area contributed by atoms with Crippen LogP contribution in [0.15, 0.2) is 18.2 Å². The first-order valence-corrected chi connectivity index (χ1v) is 7.26. The number of rotatable bonds is 8. The summed E-state index contributed by atoms with van der Waals surface area (Å²) in [6, 6.07) is 5.23. The third kappa shape index (κ3) is 4.65. The van der Waals surface area contributed by atoms with Crippen molar-refractivity contribution in [3.63, 3.8) is 0 Å². The Kier molecular flexibility index (Phi) is 6.75. The molecule has 0 aliphatic rings. The van der Waals surface area contributed by atoms with E-state index in [1.807, 2.05) is 20.2 Å². The maximum Gasteiger partial charge on any atom is 0.292 e. The fourth-order valence-electron chi connectivity index (χ4n) is 2.01. The molecule has 0 bridgehead atoms. The SMILES string of the molecule is CCCN(CCN(C)C)c1ccc(CCl)cc1[N+](=O)[O-]. The van der Waals surface area contributed by atoms with Gasteiger partial charge in [0.2, 0.25) is 0 Å². The molecule has 0 N–H and O–H groups in total. The quantitative estimate of drug-likeness (QED) is 0.420. The standard InChI is InChI=1S/C14H22ClN3O2/c1-4-7-17(9-8-16(2)3)13-6-5-12(11-15)10-14(13)18(19)20/h5-6,10H,4,7-9,11H2,1-3H3. The van der Waals surface area contributed by atoms with Crippen LogP contribution in [-0.4, -0.2) is 43.6 Å². The number of nitro groups is 1. The number of nitrogens with zero attached hydrogens (tertiary/aromatic N) is 3. The Hall–Kier alpha value is -1.33. The number of anilines is 1. The fraction of sp³-hybridized carbons (Fsp3) is 0.571. The second kappa shape index (κ2) is 8.07. The van der Waals surface area contributed by atoms with Crippen LogP contribution in [0.4, 0.5) is 11.4 Å². The smallest absolute Gasteiger partial charge is 0.292 e. The number of likely N-dealkylation sites (N-methyl/N-ethyl adjacent to an activating group) is 1. The first-order valence-electron chi connectivity index (χ1n) is 6.72. The Morgan fingerprint density at radius 1 is 1.25 bits per heavy atom. The maximum absolute atomic E-state index is 11.3. The van der Waals surface area contributed by atoms with E-state index in [9.17, 15) is 10.1 Å². The van der Waals surface area contributed by atoms with Crippen LogP contribution in [0.3, 0.4) is 0 Å². The highest BCUT2D eigenvalue weighted by Crippen LogP contribution is 2.30. The van der Waals surface area contributed by atoms with E-state index in [2.05, 4.69) is 16.7 Å². The van der Waals surface area contributed by atoms with E-state index in [1.54, 1.807) is 12.1 Å². The molecule has 6 heteroatoms. The molecule has 0 saturated carbocycles. The Labute approximate surface area is 125 Å². The van der Waals surface area contributed by atoms with Crippen LogP contribution in [0.25, 0.3) is 0 Å². The lowest BCUT2D eigenvalue weighted by molar-refractivity contribution is -0.384. The molecule has 1 aromatic carbocycles. The first-order chi connectivity index (χ1) is 9.49. The molecule has 0 spiro atoms. The molecule has 0 atom stereocenters. The van der Waals surface area contributed by atoms with Gasteiger partial charge in [0.05, 0.1) is 4.92 Å². The third-order valence-corrected chi connectivity index (χ3v) is 3.35. The van der Waals surface area contributed by atoms with E-state index in [4.69, 9.17) is 11.6 Å². The summed E-state index contributed by atoms with van der Waals surface area (Å²) in [4.78, 5) is 15.1. The van der Waals surface area contributed by atoms with E-state index in [-0.39, 0.29) is 16.5 Å². The lowest BCUT2D eigenvalue weighted by Gasteiger charge is -2.25. The van der Waals surface area contributed by atoms with Crippen molar-refractivity contribution in [3.8, 4) is 0 Å². The molecule has 0 fully saturated rings. The molecule has 0 saturated heterocycles. The van der Waals surface area contributed by atoms with E-state index in [1.165, 1.54) is 0 Å². The molecule has 1 rings (SSSR count). The lowest BCUT2D eigenvalue weighted by Crippen LogP contribution is -2.32. The third-order valence-electron chi connectivity index (χ3n) is 3.04. The van der Waals surface area contributed by atoms with E-state index in [0.29, 0.717) is 5.69 Å². The summed E-state index contributed by atoms with van der Waals surface area (Å²) in [5, 5.41) is 11.3. The maximum atomic E-state index is 11.3. The molecule has 1 aromatic rings. The number of nitro benzene ring substituents is 1. The van der Waals surface area contributed by atoms with Crippen molar-refractivity contribution in [2.45, 2.75) is 19.2 Å². The van der Waals surface area contributed by atoms with E-state index < -0.39 is 0 Å². The zero-order valence-electron chi connectivity index (χ0n) is 12.3. The largest absolute Gasteiger partial charge is 0.365 e. The highest BCUT2D eigenvalue weighted by Gasteiger charge is 2.19. The second-order valence-corrected chi connectivity index (χ2v) is 5.27. The monoisotopic (exact) mass is 299 g/mol. The Morgan fingerprint density at radius 2 is 1.95 bits per heavy atom. The van der Waals surface area contributed by atoms with Crippen molar-refractivity contribution in [3.05, 3.63) is 33.9 Å². The van der Waals surface area contributed by atoms with Crippen LogP contribution in [0.1, 0.15) is 18.9 Å². The van der Waals surface area contributed by atoms with Gasteiger partial charge in [0, 0.05) is 31.6 Å². The molecule has 0 heterocycles. The van der Waals surface area contributed by atoms with E-state index >= 15 is 0 Å². The summed E-state index contributed by atoms with van der Waals surface area (Å²) < 4.78 is 0. The highest BCUT2D eigenvalue weighted by molar-refractivity contribution is 6.17. The minimum absolute atomic E-state index is 0.135. The van der Waals surface area contributed by atoms with Gasteiger partial charge in [0.1, 0.15) is 5.69 Å². The van der Waals surface area contributed by atoms with Crippen LogP contribution >= 0.6 is 11.6 Å². The van der Waals surface area contributed by atoms with Crippen LogP contribution in [0, 0.1) is 10.1 Å². The highest BCUT2D eigenvalue weighted by atomic mass is 35.5. The predicted octanol–water partition coefficient (Wildman–Crippen LogP) is 3.11. The van der Waals surface area contributed by atoms with Crippen LogP contribution in [0.5, 0.6) is 0 Å². The molecular formula is C14H22ClN3O2. The zero-order chi connectivity index (χ0) is 15.1. The number of benzene rings is 1. The summed E-state index contributed by atoms with van der Waals surface area (Å²) >= 11 is 5.76. The number of hydrogen-bond acceptors (Lipinski definition) is 4. The number of hydrogen-bond donors (Lipinski definition) is 0. The molecule has 0 unspecified atom stereocenters. The summed E-state index contributed by atoms with van der Waals surface area (Å²) in [6.07, 6.45) is 0.946.